The van der Waals surface area contributed by atoms with Crippen molar-refractivity contribution in [2.75, 3.05) is 5.73 Å². The van der Waals surface area contributed by atoms with Crippen LogP contribution in [0.5, 0.6) is 0 Å². The van der Waals surface area contributed by atoms with Gasteiger partial charge in [-0.2, -0.15) is 5.26 Å². The maximum absolute atomic E-state index is 13.0. The topological polar surface area (TPSA) is 49.8 Å². The van der Waals surface area contributed by atoms with Crippen molar-refractivity contribution in [1.82, 2.24) is 0 Å². The van der Waals surface area contributed by atoms with E-state index in [0.717, 1.165) is 0 Å². The van der Waals surface area contributed by atoms with E-state index in [1.54, 1.807) is 6.07 Å². The fourth-order valence-electron chi connectivity index (χ4n) is 0.719. The van der Waals surface area contributed by atoms with Gasteiger partial charge in [0.1, 0.15) is 11.6 Å². The molecule has 0 fully saturated rings. The van der Waals surface area contributed by atoms with Gasteiger partial charge in [-0.05, 0) is 22.0 Å². The summed E-state index contributed by atoms with van der Waals surface area (Å²) in [6.45, 7) is 0. The highest BCUT2D eigenvalue weighted by molar-refractivity contribution is 9.10. The normalized spacial score (nSPS) is 9.50. The zero-order chi connectivity index (χ0) is 9.30. The van der Waals surface area contributed by atoms with E-state index in [0.29, 0.717) is 0 Å². The maximum Gasteiger partial charge on any atom is 0.157 e. The lowest BCUT2D eigenvalue weighted by Crippen LogP contribution is -1.96. The highest BCUT2D eigenvalue weighted by Crippen LogP contribution is 2.30. The predicted molar refractivity (Wildman–Crippen MR) is 48.2 cm³/mol. The minimum absolute atomic E-state index is 0.0279. The molecule has 0 unspecified atom stereocenters. The van der Waals surface area contributed by atoms with Gasteiger partial charge >= 0.3 is 0 Å². The Morgan fingerprint density at radius 1 is 1.67 bits per heavy atom. The summed E-state index contributed by atoms with van der Waals surface area (Å²) in [5.41, 5.74) is 5.09. The number of hydrogen-bond acceptors (Lipinski definition) is 2. The summed E-state index contributed by atoms with van der Waals surface area (Å²) in [4.78, 5) is 0. The van der Waals surface area contributed by atoms with Crippen LogP contribution in [0.3, 0.4) is 0 Å². The molecule has 62 valence electrons. The number of rotatable bonds is 0. The van der Waals surface area contributed by atoms with Gasteiger partial charge in [-0.25, -0.2) is 4.39 Å². The molecule has 1 aromatic carbocycles. The van der Waals surface area contributed by atoms with Crippen LogP contribution in [0, 0.1) is 17.1 Å². The molecule has 1 rings (SSSR count). The van der Waals surface area contributed by atoms with E-state index in [2.05, 4.69) is 15.9 Å². The summed E-state index contributed by atoms with van der Waals surface area (Å²) < 4.78 is 13.2. The molecule has 2 nitrogen and oxygen atoms in total. The Morgan fingerprint density at radius 2 is 2.25 bits per heavy atom. The molecule has 0 amide bonds. The molecule has 2 N–H and O–H groups in total. The number of nitrogen functional groups attached to an aromatic ring is 1. The van der Waals surface area contributed by atoms with E-state index in [1.807, 2.05) is 0 Å². The van der Waals surface area contributed by atoms with Crippen molar-refractivity contribution in [1.29, 1.82) is 5.26 Å². The molecule has 0 aliphatic carbocycles. The molecule has 0 spiro atoms. The monoisotopic (exact) mass is 248 g/mol. The summed E-state index contributed by atoms with van der Waals surface area (Å²) in [6, 6.07) is 2.94. The lowest BCUT2D eigenvalue weighted by molar-refractivity contribution is 0.618. The smallest absolute Gasteiger partial charge is 0.157 e. The van der Waals surface area contributed by atoms with Crippen molar-refractivity contribution in [3.8, 4) is 6.07 Å². The second-order valence-electron chi connectivity index (χ2n) is 2.05. The van der Waals surface area contributed by atoms with E-state index >= 15 is 0 Å². The summed E-state index contributed by atoms with van der Waals surface area (Å²) in [5.74, 6) is -0.681. The first-order valence-electron chi connectivity index (χ1n) is 2.91. The van der Waals surface area contributed by atoms with Crippen LogP contribution in [0.15, 0.2) is 10.5 Å². The minimum Gasteiger partial charge on any atom is -0.396 e. The Hall–Kier alpha value is -0.790. The third-order valence-corrected chi connectivity index (χ3v) is 2.21. The quantitative estimate of drug-likeness (QED) is 0.568. The van der Waals surface area contributed by atoms with Crippen LogP contribution >= 0.6 is 27.5 Å². The van der Waals surface area contributed by atoms with Gasteiger partial charge in [0, 0.05) is 0 Å². The van der Waals surface area contributed by atoms with Gasteiger partial charge < -0.3 is 5.73 Å². The molecule has 1 aromatic rings. The van der Waals surface area contributed by atoms with Crippen molar-refractivity contribution in [2.45, 2.75) is 0 Å². The Balaban J connectivity index is 3.56. The standard InChI is InChI=1S/C7H3BrClFN2/c8-4-1-5(9)7(12)3(2-11)6(4)10/h1H,12H2. The van der Waals surface area contributed by atoms with Crippen molar-refractivity contribution in [3.63, 3.8) is 0 Å². The van der Waals surface area contributed by atoms with Gasteiger partial charge in [-0.15, -0.1) is 0 Å². The summed E-state index contributed by atoms with van der Waals surface area (Å²) >= 11 is 8.50. The number of halogens is 3. The van der Waals surface area contributed by atoms with E-state index in [-0.39, 0.29) is 20.7 Å². The van der Waals surface area contributed by atoms with Crippen LogP contribution in [0.1, 0.15) is 5.56 Å². The average Bonchev–Trinajstić information content (AvgIpc) is 2.02. The fourth-order valence-corrected chi connectivity index (χ4v) is 1.48. The molecular formula is C7H3BrClFN2. The molecule has 0 aliphatic rings. The Kier molecular flexibility index (Phi) is 2.55. The molecule has 0 atom stereocenters. The third kappa shape index (κ3) is 1.38. The van der Waals surface area contributed by atoms with Crippen LogP contribution in [-0.2, 0) is 0 Å². The third-order valence-electron chi connectivity index (χ3n) is 1.32. The van der Waals surface area contributed by atoms with Crippen molar-refractivity contribution in [2.24, 2.45) is 0 Å². The van der Waals surface area contributed by atoms with Gasteiger partial charge in [0.05, 0.1) is 15.2 Å². The lowest BCUT2D eigenvalue weighted by atomic mass is 10.2. The van der Waals surface area contributed by atoms with Gasteiger partial charge in [-0.1, -0.05) is 11.6 Å². The lowest BCUT2D eigenvalue weighted by Gasteiger charge is -2.02. The van der Waals surface area contributed by atoms with Crippen LogP contribution in [0.25, 0.3) is 0 Å². The summed E-state index contributed by atoms with van der Waals surface area (Å²) in [5, 5.41) is 8.67. The number of anilines is 1. The molecule has 0 aromatic heterocycles. The number of nitriles is 1. The van der Waals surface area contributed by atoms with E-state index in [1.165, 1.54) is 6.07 Å². The number of nitrogens with zero attached hydrogens (tertiary/aromatic N) is 1. The highest BCUT2D eigenvalue weighted by Gasteiger charge is 2.13. The number of hydrogen-bond donors (Lipinski definition) is 1. The van der Waals surface area contributed by atoms with E-state index in [9.17, 15) is 4.39 Å². The SMILES string of the molecule is N#Cc1c(N)c(Cl)cc(Br)c1F. The van der Waals surface area contributed by atoms with Gasteiger partial charge in [-0.3, -0.25) is 0 Å². The van der Waals surface area contributed by atoms with Crippen molar-refractivity contribution >= 4 is 33.2 Å². The summed E-state index contributed by atoms with van der Waals surface area (Å²) in [7, 11) is 0. The fraction of sp³-hybridized carbons (Fsp3) is 0. The molecule has 5 heteroatoms. The Bertz CT molecular complexity index is 346. The van der Waals surface area contributed by atoms with Gasteiger partial charge in [0.2, 0.25) is 0 Å². The van der Waals surface area contributed by atoms with Gasteiger partial charge in [0.15, 0.2) is 5.82 Å². The van der Waals surface area contributed by atoms with Crippen molar-refractivity contribution in [3.05, 3.63) is 26.9 Å². The molecule has 0 saturated carbocycles. The largest absolute Gasteiger partial charge is 0.396 e. The van der Waals surface area contributed by atoms with Crippen LogP contribution in [-0.4, -0.2) is 0 Å². The number of benzene rings is 1. The molecule has 0 aliphatic heterocycles. The second kappa shape index (κ2) is 3.30. The Labute approximate surface area is 81.9 Å². The van der Waals surface area contributed by atoms with E-state index < -0.39 is 5.82 Å². The molecule has 12 heavy (non-hydrogen) atoms. The van der Waals surface area contributed by atoms with Gasteiger partial charge in [0.25, 0.3) is 0 Å². The van der Waals surface area contributed by atoms with Crippen LogP contribution in [0.4, 0.5) is 10.1 Å². The molecular weight excluding hydrogens is 246 g/mol. The van der Waals surface area contributed by atoms with Crippen LogP contribution < -0.4 is 5.73 Å². The van der Waals surface area contributed by atoms with Crippen molar-refractivity contribution < 1.29 is 4.39 Å². The molecule has 0 bridgehead atoms. The van der Waals surface area contributed by atoms with E-state index in [4.69, 9.17) is 22.6 Å². The number of nitrogens with two attached hydrogens (primary N) is 1. The zero-order valence-electron chi connectivity index (χ0n) is 5.74. The first kappa shape index (κ1) is 9.30. The first-order valence-corrected chi connectivity index (χ1v) is 4.08. The first-order chi connectivity index (χ1) is 5.57. The second-order valence-corrected chi connectivity index (χ2v) is 3.32. The molecule has 0 radical (unpaired) electrons. The summed E-state index contributed by atoms with van der Waals surface area (Å²) in [6.07, 6.45) is 0. The zero-order valence-corrected chi connectivity index (χ0v) is 8.08. The molecule has 0 saturated heterocycles. The maximum atomic E-state index is 13.0. The highest BCUT2D eigenvalue weighted by atomic mass is 79.9. The minimum atomic E-state index is -0.681. The Morgan fingerprint density at radius 3 is 2.75 bits per heavy atom. The average molecular weight is 249 g/mol. The predicted octanol–water partition coefficient (Wildman–Crippen LogP) is 2.70. The van der Waals surface area contributed by atoms with Crippen LogP contribution in [0.2, 0.25) is 5.02 Å². The molecule has 0 heterocycles.